The molecule has 1 aliphatic heterocycles. The van der Waals surface area contributed by atoms with Crippen molar-refractivity contribution in [1.29, 1.82) is 0 Å². The highest BCUT2D eigenvalue weighted by Crippen LogP contribution is 2.36. The van der Waals surface area contributed by atoms with Crippen molar-refractivity contribution in [2.24, 2.45) is 0 Å². The van der Waals surface area contributed by atoms with Crippen LogP contribution in [0.5, 0.6) is 0 Å². The normalized spacial score (nSPS) is 22.1. The zero-order valence-electron chi connectivity index (χ0n) is 20.2. The number of aromatic nitrogens is 4. The molecule has 1 saturated heterocycles. The summed E-state index contributed by atoms with van der Waals surface area (Å²) in [6.07, 6.45) is 3.68. The van der Waals surface area contributed by atoms with Crippen LogP contribution >= 0.6 is 0 Å². The maximum atomic E-state index is 11.9. The number of amides is 1. The van der Waals surface area contributed by atoms with E-state index in [4.69, 9.17) is 19.9 Å². The molecule has 1 aliphatic rings. The molecule has 190 valence electrons. The third-order valence-electron chi connectivity index (χ3n) is 5.36. The average molecular weight is 490 g/mol. The van der Waals surface area contributed by atoms with E-state index in [1.807, 2.05) is 24.1 Å². The van der Waals surface area contributed by atoms with Gasteiger partial charge >= 0.3 is 11.9 Å². The van der Waals surface area contributed by atoms with E-state index in [1.54, 1.807) is 11.5 Å². The lowest BCUT2D eigenvalue weighted by Gasteiger charge is -2.25. The van der Waals surface area contributed by atoms with Crippen LogP contribution in [0.15, 0.2) is 24.8 Å². The van der Waals surface area contributed by atoms with Crippen molar-refractivity contribution in [3.8, 4) is 0 Å². The van der Waals surface area contributed by atoms with E-state index in [0.717, 1.165) is 0 Å². The molecule has 0 saturated carbocycles. The van der Waals surface area contributed by atoms with Crippen molar-refractivity contribution in [3.63, 3.8) is 0 Å². The van der Waals surface area contributed by atoms with Gasteiger partial charge in [0.05, 0.1) is 6.33 Å². The molecule has 13 heteroatoms. The summed E-state index contributed by atoms with van der Waals surface area (Å²) in [7, 11) is 1.87. The fraction of sp³-hybridized carbons (Fsp3) is 0.545. The first-order chi connectivity index (χ1) is 16.7. The van der Waals surface area contributed by atoms with Gasteiger partial charge in [-0.3, -0.25) is 23.9 Å². The SMILES string of the molecule is CCC(=O)NC/C=C\CN(C)C[C@H]1O[C@@H](n2cnc3c(N)ncnc32)[C@H](OC(C)=O)[C@@H]1OC(C)=O. The molecule has 35 heavy (non-hydrogen) atoms. The lowest BCUT2D eigenvalue weighted by molar-refractivity contribution is -0.165. The number of anilines is 1. The van der Waals surface area contributed by atoms with Crippen LogP contribution < -0.4 is 11.1 Å². The number of carbonyl (C=O) groups is 3. The molecule has 4 atom stereocenters. The highest BCUT2D eigenvalue weighted by molar-refractivity contribution is 5.81. The van der Waals surface area contributed by atoms with Crippen LogP contribution in [-0.2, 0) is 28.6 Å². The first-order valence-electron chi connectivity index (χ1n) is 11.2. The van der Waals surface area contributed by atoms with Crippen LogP contribution in [0.2, 0.25) is 0 Å². The Morgan fingerprint density at radius 1 is 1.17 bits per heavy atom. The predicted molar refractivity (Wildman–Crippen MR) is 125 cm³/mol. The summed E-state index contributed by atoms with van der Waals surface area (Å²) in [5, 5.41) is 2.77. The summed E-state index contributed by atoms with van der Waals surface area (Å²) in [6, 6.07) is 0. The number of ether oxygens (including phenoxy) is 3. The van der Waals surface area contributed by atoms with Crippen molar-refractivity contribution < 1.29 is 28.6 Å². The number of carbonyl (C=O) groups excluding carboxylic acids is 3. The van der Waals surface area contributed by atoms with Crippen LogP contribution in [0.25, 0.3) is 11.2 Å². The Balaban J connectivity index is 1.80. The van der Waals surface area contributed by atoms with Crippen molar-refractivity contribution in [1.82, 2.24) is 29.7 Å². The number of hydrogen-bond donors (Lipinski definition) is 2. The van der Waals surface area contributed by atoms with Crippen LogP contribution in [0.3, 0.4) is 0 Å². The van der Waals surface area contributed by atoms with Crippen LogP contribution in [0, 0.1) is 0 Å². The molecule has 2 aromatic rings. The van der Waals surface area contributed by atoms with Gasteiger partial charge in [-0.25, -0.2) is 15.0 Å². The third-order valence-corrected chi connectivity index (χ3v) is 5.36. The van der Waals surface area contributed by atoms with Crippen LogP contribution in [0.4, 0.5) is 5.82 Å². The van der Waals surface area contributed by atoms with E-state index in [1.165, 1.54) is 26.5 Å². The number of likely N-dealkylation sites (N-methyl/N-ethyl adjacent to an activating group) is 1. The number of nitrogens with zero attached hydrogens (tertiary/aromatic N) is 5. The summed E-state index contributed by atoms with van der Waals surface area (Å²) < 4.78 is 19.0. The number of nitrogen functional groups attached to an aromatic ring is 1. The molecule has 1 amide bonds. The van der Waals surface area contributed by atoms with Gasteiger partial charge in [-0.2, -0.15) is 0 Å². The zero-order valence-corrected chi connectivity index (χ0v) is 20.2. The smallest absolute Gasteiger partial charge is 0.303 e. The second kappa shape index (κ2) is 11.7. The summed E-state index contributed by atoms with van der Waals surface area (Å²) >= 11 is 0. The molecule has 0 aliphatic carbocycles. The Labute approximate surface area is 202 Å². The van der Waals surface area contributed by atoms with Gasteiger partial charge in [0, 0.05) is 39.9 Å². The number of hydrogen-bond acceptors (Lipinski definition) is 11. The second-order valence-corrected chi connectivity index (χ2v) is 8.15. The standard InChI is InChI=1S/C22H31N7O6/c1-5-16(32)24-8-6-7-9-28(4)10-15-18(33-13(2)30)19(34-14(3)31)22(35-15)29-12-27-17-20(23)25-11-26-21(17)29/h6-7,11-12,15,18-19,22H,5,8-10H2,1-4H3,(H,24,32)(H2,23,25,26)/b7-6-/t15-,18-,19-,22-/m1/s1. The maximum Gasteiger partial charge on any atom is 0.303 e. The average Bonchev–Trinajstić information content (AvgIpc) is 3.35. The van der Waals surface area contributed by atoms with Gasteiger partial charge in [-0.1, -0.05) is 19.1 Å². The minimum absolute atomic E-state index is 0.0202. The Bertz CT molecular complexity index is 1090. The number of rotatable bonds is 10. The molecule has 3 rings (SSSR count). The van der Waals surface area contributed by atoms with Crippen LogP contribution in [-0.4, -0.2) is 87.3 Å². The van der Waals surface area contributed by atoms with Gasteiger partial charge in [0.2, 0.25) is 5.91 Å². The Morgan fingerprint density at radius 3 is 2.57 bits per heavy atom. The quantitative estimate of drug-likeness (QED) is 0.346. The lowest BCUT2D eigenvalue weighted by atomic mass is 10.1. The van der Waals surface area contributed by atoms with Gasteiger partial charge in [0.15, 0.2) is 29.9 Å². The first kappa shape index (κ1) is 26.0. The van der Waals surface area contributed by atoms with Gasteiger partial charge in [-0.15, -0.1) is 0 Å². The Hall–Kier alpha value is -3.58. The van der Waals surface area contributed by atoms with E-state index in [2.05, 4.69) is 20.3 Å². The monoisotopic (exact) mass is 489 g/mol. The largest absolute Gasteiger partial charge is 0.456 e. The lowest BCUT2D eigenvalue weighted by Crippen LogP contribution is -2.43. The topological polar surface area (TPSA) is 164 Å². The summed E-state index contributed by atoms with van der Waals surface area (Å²) in [4.78, 5) is 49.6. The Morgan fingerprint density at radius 2 is 1.89 bits per heavy atom. The van der Waals surface area contributed by atoms with Crippen molar-refractivity contribution in [3.05, 3.63) is 24.8 Å². The molecular formula is C22H31N7O6. The fourth-order valence-corrected chi connectivity index (χ4v) is 3.80. The Kier molecular flexibility index (Phi) is 8.71. The van der Waals surface area contributed by atoms with Gasteiger partial charge in [0.25, 0.3) is 0 Å². The van der Waals surface area contributed by atoms with E-state index in [9.17, 15) is 14.4 Å². The number of nitrogens with one attached hydrogen (secondary N) is 1. The van der Waals surface area contributed by atoms with E-state index in [-0.39, 0.29) is 11.7 Å². The minimum atomic E-state index is -0.941. The number of imidazole rings is 1. The molecule has 0 unspecified atom stereocenters. The summed E-state index contributed by atoms with van der Waals surface area (Å²) in [5.41, 5.74) is 6.68. The zero-order chi connectivity index (χ0) is 25.5. The van der Waals surface area contributed by atoms with E-state index >= 15 is 0 Å². The van der Waals surface area contributed by atoms with E-state index < -0.39 is 36.5 Å². The molecule has 0 radical (unpaired) electrons. The molecule has 13 nitrogen and oxygen atoms in total. The number of esters is 2. The van der Waals surface area contributed by atoms with Crippen LogP contribution in [0.1, 0.15) is 33.4 Å². The third kappa shape index (κ3) is 6.51. The predicted octanol–water partition coefficient (Wildman–Crippen LogP) is 0.184. The first-order valence-corrected chi connectivity index (χ1v) is 11.2. The van der Waals surface area contributed by atoms with Gasteiger partial charge in [0.1, 0.15) is 17.9 Å². The highest BCUT2D eigenvalue weighted by Gasteiger charge is 2.50. The molecule has 2 aromatic heterocycles. The van der Waals surface area contributed by atoms with Gasteiger partial charge < -0.3 is 25.3 Å². The maximum absolute atomic E-state index is 11.9. The van der Waals surface area contributed by atoms with Crippen molar-refractivity contribution in [2.75, 3.05) is 32.4 Å². The van der Waals surface area contributed by atoms with Gasteiger partial charge in [-0.05, 0) is 7.05 Å². The molecule has 3 N–H and O–H groups in total. The fourth-order valence-electron chi connectivity index (χ4n) is 3.80. The van der Waals surface area contributed by atoms with Crippen molar-refractivity contribution in [2.45, 2.75) is 51.7 Å². The number of nitrogens with two attached hydrogens (primary N) is 1. The molecule has 0 spiro atoms. The summed E-state index contributed by atoms with van der Waals surface area (Å²) in [6.45, 7) is 5.70. The number of fused-ring (bicyclic) bond motifs is 1. The molecule has 0 aromatic carbocycles. The minimum Gasteiger partial charge on any atom is -0.456 e. The molecular weight excluding hydrogens is 458 g/mol. The molecule has 3 heterocycles. The molecule has 1 fully saturated rings. The highest BCUT2D eigenvalue weighted by atomic mass is 16.6. The molecule has 0 bridgehead atoms. The summed E-state index contributed by atoms with van der Waals surface area (Å²) in [5.74, 6) is -0.901. The van der Waals surface area contributed by atoms with Crippen molar-refractivity contribution >= 4 is 34.8 Å². The second-order valence-electron chi connectivity index (χ2n) is 8.15. The van der Waals surface area contributed by atoms with E-state index in [0.29, 0.717) is 37.2 Å².